The van der Waals surface area contributed by atoms with Gasteiger partial charge in [-0.05, 0) is 45.0 Å². The lowest BCUT2D eigenvalue weighted by Gasteiger charge is -2.20. The van der Waals surface area contributed by atoms with Crippen molar-refractivity contribution in [2.75, 3.05) is 27.1 Å². The third-order valence-corrected chi connectivity index (χ3v) is 6.55. The quantitative estimate of drug-likeness (QED) is 0.270. The van der Waals surface area contributed by atoms with Crippen LogP contribution in [0, 0.1) is 13.8 Å². The highest BCUT2D eigenvalue weighted by Crippen LogP contribution is 2.37. The molecule has 2 aromatic rings. The van der Waals surface area contributed by atoms with E-state index in [1.165, 1.54) is 11.1 Å². The van der Waals surface area contributed by atoms with Gasteiger partial charge in [0.2, 0.25) is 0 Å². The Kier molecular flexibility index (Phi) is 10.1. The Hall–Kier alpha value is -1.31. The zero-order valence-corrected chi connectivity index (χ0v) is 18.5. The Bertz CT molecular complexity index is 669. The molecule has 0 unspecified atom stereocenters. The van der Waals surface area contributed by atoms with Gasteiger partial charge in [-0.1, -0.05) is 35.4 Å². The predicted molar refractivity (Wildman–Crippen MR) is 116 cm³/mol. The number of thioether (sulfide) groups is 2. The lowest BCUT2D eigenvalue weighted by molar-refractivity contribution is -0.139. The monoisotopic (exact) mass is 420 g/mol. The van der Waals surface area contributed by atoms with Crippen molar-refractivity contribution >= 4 is 29.3 Å². The molecule has 1 atom stereocenters. The van der Waals surface area contributed by atoms with Crippen LogP contribution in [0.15, 0.2) is 58.3 Å². The highest BCUT2D eigenvalue weighted by atomic mass is 32.2. The molecule has 0 heterocycles. The summed E-state index contributed by atoms with van der Waals surface area (Å²) < 4.78 is 15.5. The Labute approximate surface area is 176 Å². The molecule has 28 heavy (non-hydrogen) atoms. The van der Waals surface area contributed by atoms with Crippen LogP contribution in [-0.4, -0.2) is 43.6 Å². The third kappa shape index (κ3) is 7.97. The number of methoxy groups -OCH3 is 1. The Balaban J connectivity index is 2.03. The summed E-state index contributed by atoms with van der Waals surface area (Å²) in [6, 6.07) is 16.4. The van der Waals surface area contributed by atoms with Gasteiger partial charge in [0, 0.05) is 16.9 Å². The summed E-state index contributed by atoms with van der Waals surface area (Å²) in [5.74, 6) is 0.0338. The second-order valence-corrected chi connectivity index (χ2v) is 9.08. The summed E-state index contributed by atoms with van der Waals surface area (Å²) in [5.41, 5.74) is 2.40. The minimum absolute atomic E-state index is 0.0338. The molecular formula is C22H28O4S2. The summed E-state index contributed by atoms with van der Waals surface area (Å²) in [6.07, 6.45) is -0.552. The van der Waals surface area contributed by atoms with Crippen LogP contribution >= 0.6 is 23.5 Å². The molecule has 0 aliphatic rings. The van der Waals surface area contributed by atoms with E-state index in [2.05, 4.69) is 62.4 Å². The molecule has 0 aliphatic carbocycles. The lowest BCUT2D eigenvalue weighted by Crippen LogP contribution is -2.29. The molecule has 0 fully saturated rings. The summed E-state index contributed by atoms with van der Waals surface area (Å²) >= 11 is 3.11. The maximum absolute atomic E-state index is 13.1. The van der Waals surface area contributed by atoms with Gasteiger partial charge in [0.05, 0.1) is 13.2 Å². The molecule has 0 aliphatic heterocycles. The van der Waals surface area contributed by atoms with Crippen molar-refractivity contribution in [3.05, 3.63) is 59.7 Å². The Morgan fingerprint density at radius 3 is 1.86 bits per heavy atom. The zero-order chi connectivity index (χ0) is 20.4. The van der Waals surface area contributed by atoms with Crippen molar-refractivity contribution in [3.8, 4) is 0 Å². The second-order valence-electron chi connectivity index (χ2n) is 6.42. The highest BCUT2D eigenvalue weighted by molar-refractivity contribution is 8.18. The van der Waals surface area contributed by atoms with Crippen molar-refractivity contribution in [2.45, 2.75) is 41.2 Å². The van der Waals surface area contributed by atoms with Crippen molar-refractivity contribution in [3.63, 3.8) is 0 Å². The van der Waals surface area contributed by atoms with Crippen molar-refractivity contribution in [2.24, 2.45) is 0 Å². The normalized spacial score (nSPS) is 12.3. The van der Waals surface area contributed by atoms with E-state index in [1.54, 1.807) is 37.6 Å². The van der Waals surface area contributed by atoms with Crippen molar-refractivity contribution in [1.29, 1.82) is 0 Å². The van der Waals surface area contributed by atoms with Gasteiger partial charge in [-0.2, -0.15) is 0 Å². The van der Waals surface area contributed by atoms with Gasteiger partial charge in [0.25, 0.3) is 0 Å². The molecule has 6 heteroatoms. The minimum atomic E-state index is -0.552. The van der Waals surface area contributed by atoms with Crippen LogP contribution in [0.5, 0.6) is 0 Å². The maximum atomic E-state index is 13.1. The summed E-state index contributed by atoms with van der Waals surface area (Å²) in [6.45, 7) is 6.90. The van der Waals surface area contributed by atoms with Gasteiger partial charge in [-0.15, -0.1) is 23.5 Å². The number of hydrogen-bond acceptors (Lipinski definition) is 6. The van der Waals surface area contributed by atoms with Crippen LogP contribution in [0.2, 0.25) is 0 Å². The van der Waals surface area contributed by atoms with E-state index in [0.29, 0.717) is 13.2 Å². The van der Waals surface area contributed by atoms with E-state index in [1.807, 2.05) is 0 Å². The maximum Gasteiger partial charge on any atom is 0.184 e. The number of hydrogen-bond donors (Lipinski definition) is 0. The summed E-state index contributed by atoms with van der Waals surface area (Å²) in [7, 11) is 1.62. The highest BCUT2D eigenvalue weighted by Gasteiger charge is 2.27. The molecule has 152 valence electrons. The van der Waals surface area contributed by atoms with Gasteiger partial charge < -0.3 is 14.2 Å². The van der Waals surface area contributed by atoms with Gasteiger partial charge >= 0.3 is 0 Å². The first kappa shape index (κ1) is 23.0. The number of ether oxygens (including phenoxy) is 3. The smallest absolute Gasteiger partial charge is 0.184 e. The molecule has 2 aromatic carbocycles. The van der Waals surface area contributed by atoms with E-state index in [4.69, 9.17) is 14.2 Å². The van der Waals surface area contributed by atoms with E-state index in [0.717, 1.165) is 9.79 Å². The molecule has 0 N–H and O–H groups in total. The fraction of sp³-hybridized carbons (Fsp3) is 0.409. The molecule has 0 aromatic heterocycles. The largest absolute Gasteiger partial charge is 0.382 e. The molecule has 2 rings (SSSR count). The minimum Gasteiger partial charge on any atom is -0.382 e. The van der Waals surface area contributed by atoms with E-state index < -0.39 is 6.10 Å². The summed E-state index contributed by atoms with van der Waals surface area (Å²) in [4.78, 5) is 15.2. The lowest BCUT2D eigenvalue weighted by atomic mass is 10.2. The summed E-state index contributed by atoms with van der Waals surface area (Å²) in [5, 5.41) is 0. The van der Waals surface area contributed by atoms with Crippen molar-refractivity contribution in [1.82, 2.24) is 0 Å². The molecule has 0 spiro atoms. The first-order chi connectivity index (χ1) is 13.5. The topological polar surface area (TPSA) is 44.8 Å². The van der Waals surface area contributed by atoms with E-state index in [-0.39, 0.29) is 17.2 Å². The van der Waals surface area contributed by atoms with Crippen LogP contribution in [0.1, 0.15) is 18.1 Å². The van der Waals surface area contributed by atoms with Gasteiger partial charge in [-0.25, -0.2) is 0 Å². The fourth-order valence-corrected chi connectivity index (χ4v) is 4.80. The molecule has 0 radical (unpaired) electrons. The van der Waals surface area contributed by atoms with Crippen LogP contribution in [0.25, 0.3) is 0 Å². The number of ketones is 1. The number of aryl methyl sites for hydroxylation is 2. The van der Waals surface area contributed by atoms with Crippen LogP contribution in [0.3, 0.4) is 0 Å². The Morgan fingerprint density at radius 2 is 1.39 bits per heavy atom. The predicted octanol–water partition coefficient (Wildman–Crippen LogP) is 5.11. The first-order valence-corrected chi connectivity index (χ1v) is 10.9. The molecule has 0 saturated carbocycles. The number of rotatable bonds is 12. The van der Waals surface area contributed by atoms with Crippen LogP contribution in [-0.2, 0) is 19.0 Å². The molecule has 0 amide bonds. The first-order valence-electron chi connectivity index (χ1n) is 9.18. The van der Waals surface area contributed by atoms with Crippen LogP contribution in [0.4, 0.5) is 0 Å². The third-order valence-electron chi connectivity index (χ3n) is 3.99. The average Bonchev–Trinajstić information content (AvgIpc) is 2.70. The average molecular weight is 421 g/mol. The van der Waals surface area contributed by atoms with E-state index >= 15 is 0 Å². The number of Topliss-reactive ketones (excluding diaryl/α,β-unsaturated/α-hetero) is 1. The molecule has 4 nitrogen and oxygen atoms in total. The number of benzene rings is 2. The standard InChI is InChI=1S/C22H28O4S2/c1-16-5-9-19(10-6-16)27-22(28-20-11-7-17(2)8-12-20)21(23)18(3)26-15-25-14-13-24-4/h5-12,18,22H,13-15H2,1-4H3/t18-/m0/s1. The van der Waals surface area contributed by atoms with Crippen molar-refractivity contribution < 1.29 is 19.0 Å². The van der Waals surface area contributed by atoms with Gasteiger partial charge in [-0.3, -0.25) is 4.79 Å². The zero-order valence-electron chi connectivity index (χ0n) is 16.8. The van der Waals surface area contributed by atoms with Gasteiger partial charge in [0.1, 0.15) is 17.5 Å². The van der Waals surface area contributed by atoms with E-state index in [9.17, 15) is 4.79 Å². The van der Waals surface area contributed by atoms with Gasteiger partial charge in [0.15, 0.2) is 5.78 Å². The molecule has 0 bridgehead atoms. The molecular weight excluding hydrogens is 392 g/mol. The molecule has 0 saturated heterocycles. The SMILES string of the molecule is COCCOCO[C@@H](C)C(=O)C(Sc1ccc(C)cc1)Sc1ccc(C)cc1. The Morgan fingerprint density at radius 1 is 0.893 bits per heavy atom. The second kappa shape index (κ2) is 12.3. The van der Waals surface area contributed by atoms with Crippen LogP contribution < -0.4 is 0 Å². The number of carbonyl (C=O) groups excluding carboxylic acids is 1. The number of carbonyl (C=O) groups is 1. The fourth-order valence-electron chi connectivity index (χ4n) is 2.25.